The first-order valence-electron chi connectivity index (χ1n) is 11.8. The summed E-state index contributed by atoms with van der Waals surface area (Å²) in [4.78, 5) is 24.5. The van der Waals surface area contributed by atoms with Gasteiger partial charge in [0.25, 0.3) is 5.91 Å². The summed E-state index contributed by atoms with van der Waals surface area (Å²) in [5.74, 6) is 0.862. The summed E-state index contributed by atoms with van der Waals surface area (Å²) in [5, 5.41) is 3.28. The summed E-state index contributed by atoms with van der Waals surface area (Å²) in [7, 11) is 1.55. The number of aryl methyl sites for hydroxylation is 1. The van der Waals surface area contributed by atoms with Crippen LogP contribution >= 0.6 is 0 Å². The number of carbonyl (C=O) groups excluding carboxylic acids is 1. The number of alkyl halides is 3. The third kappa shape index (κ3) is 4.20. The van der Waals surface area contributed by atoms with Gasteiger partial charge >= 0.3 is 6.18 Å². The van der Waals surface area contributed by atoms with E-state index in [0.717, 1.165) is 29.1 Å². The Morgan fingerprint density at radius 1 is 1.25 bits per heavy atom. The molecular formula is C25H28F3N5O3. The van der Waals surface area contributed by atoms with Crippen molar-refractivity contribution >= 4 is 17.5 Å². The number of nitrogens with zero attached hydrogens (tertiary/aromatic N) is 4. The number of aromatic nitrogens is 3. The van der Waals surface area contributed by atoms with Crippen LogP contribution in [0.25, 0.3) is 5.78 Å². The predicted molar refractivity (Wildman–Crippen MR) is 125 cm³/mol. The van der Waals surface area contributed by atoms with Crippen LogP contribution in [-0.4, -0.2) is 51.1 Å². The fourth-order valence-corrected chi connectivity index (χ4v) is 5.07. The SMILES string of the molecule is COC1(C(=O)N2Cc3c(N[C@H](C)c4cccc(C(F)(F)F)c4)nc4ncc(C)n4c3C2)CCOCC1. The van der Waals surface area contributed by atoms with Crippen LogP contribution < -0.4 is 5.32 Å². The molecule has 1 N–H and O–H groups in total. The van der Waals surface area contributed by atoms with Crippen LogP contribution in [0.1, 0.15) is 53.9 Å². The van der Waals surface area contributed by atoms with E-state index in [-0.39, 0.29) is 5.91 Å². The van der Waals surface area contributed by atoms with E-state index in [1.807, 2.05) is 11.3 Å². The highest BCUT2D eigenvalue weighted by molar-refractivity contribution is 5.86. The number of fused-ring (bicyclic) bond motifs is 3. The van der Waals surface area contributed by atoms with Crippen molar-refractivity contribution in [3.05, 3.63) is 58.5 Å². The molecule has 0 saturated carbocycles. The lowest BCUT2D eigenvalue weighted by atomic mass is 9.92. The molecule has 2 aromatic heterocycles. The highest BCUT2D eigenvalue weighted by Crippen LogP contribution is 2.36. The quantitative estimate of drug-likeness (QED) is 0.560. The zero-order chi connectivity index (χ0) is 25.7. The smallest absolute Gasteiger partial charge is 0.381 e. The highest BCUT2D eigenvalue weighted by Gasteiger charge is 2.45. The molecule has 0 radical (unpaired) electrons. The normalized spacial score (nSPS) is 18.3. The molecule has 8 nitrogen and oxygen atoms in total. The maximum absolute atomic E-state index is 13.6. The molecule has 1 atom stereocenters. The molecule has 1 amide bonds. The van der Waals surface area contributed by atoms with Gasteiger partial charge in [-0.1, -0.05) is 12.1 Å². The second-order valence-electron chi connectivity index (χ2n) is 9.38. The Bertz CT molecular complexity index is 1300. The Morgan fingerprint density at radius 3 is 2.69 bits per heavy atom. The number of rotatable bonds is 5. The molecule has 0 spiro atoms. The topological polar surface area (TPSA) is 81.0 Å². The number of hydrogen-bond acceptors (Lipinski definition) is 6. The molecule has 0 unspecified atom stereocenters. The number of nitrogens with one attached hydrogen (secondary N) is 1. The molecule has 1 saturated heterocycles. The average Bonchev–Trinajstić information content (AvgIpc) is 3.47. The van der Waals surface area contributed by atoms with E-state index in [0.29, 0.717) is 56.3 Å². The maximum atomic E-state index is 13.6. The summed E-state index contributed by atoms with van der Waals surface area (Å²) in [5.41, 5.74) is 1.41. The number of methoxy groups -OCH3 is 1. The molecule has 2 aliphatic heterocycles. The Morgan fingerprint density at radius 2 is 2.00 bits per heavy atom. The number of imidazole rings is 1. The lowest BCUT2D eigenvalue weighted by molar-refractivity contribution is -0.167. The molecule has 4 heterocycles. The predicted octanol–water partition coefficient (Wildman–Crippen LogP) is 4.27. The molecule has 11 heteroatoms. The van der Waals surface area contributed by atoms with Gasteiger partial charge in [0.15, 0.2) is 5.60 Å². The summed E-state index contributed by atoms with van der Waals surface area (Å²) in [6, 6.07) is 4.77. The number of halogens is 3. The monoisotopic (exact) mass is 503 g/mol. The van der Waals surface area contributed by atoms with E-state index in [1.165, 1.54) is 6.07 Å². The summed E-state index contributed by atoms with van der Waals surface area (Å²) >= 11 is 0. The average molecular weight is 504 g/mol. The number of ether oxygens (including phenoxy) is 2. The summed E-state index contributed by atoms with van der Waals surface area (Å²) in [6.07, 6.45) is -1.76. The summed E-state index contributed by atoms with van der Waals surface area (Å²) in [6.45, 7) is 5.26. The van der Waals surface area contributed by atoms with Crippen molar-refractivity contribution in [2.75, 3.05) is 25.6 Å². The van der Waals surface area contributed by atoms with Gasteiger partial charge in [-0.05, 0) is 31.5 Å². The third-order valence-corrected chi connectivity index (χ3v) is 7.16. The van der Waals surface area contributed by atoms with Crippen LogP contribution in [0.15, 0.2) is 30.5 Å². The minimum atomic E-state index is -4.43. The van der Waals surface area contributed by atoms with Crippen molar-refractivity contribution in [2.45, 2.75) is 57.6 Å². The van der Waals surface area contributed by atoms with E-state index in [1.54, 1.807) is 31.2 Å². The van der Waals surface area contributed by atoms with Gasteiger partial charge in [-0.15, -0.1) is 0 Å². The van der Waals surface area contributed by atoms with Crippen LogP contribution in [0.4, 0.5) is 19.0 Å². The first-order chi connectivity index (χ1) is 17.1. The van der Waals surface area contributed by atoms with Crippen molar-refractivity contribution in [3.8, 4) is 0 Å². The van der Waals surface area contributed by atoms with E-state index in [9.17, 15) is 18.0 Å². The minimum Gasteiger partial charge on any atom is -0.381 e. The zero-order valence-corrected chi connectivity index (χ0v) is 20.4. The van der Waals surface area contributed by atoms with Crippen molar-refractivity contribution in [2.24, 2.45) is 0 Å². The van der Waals surface area contributed by atoms with Crippen LogP contribution in [0, 0.1) is 6.92 Å². The molecule has 0 aliphatic carbocycles. The molecule has 5 rings (SSSR count). The van der Waals surface area contributed by atoms with E-state index in [2.05, 4.69) is 15.3 Å². The zero-order valence-electron chi connectivity index (χ0n) is 20.4. The van der Waals surface area contributed by atoms with Crippen molar-refractivity contribution in [1.82, 2.24) is 19.3 Å². The largest absolute Gasteiger partial charge is 0.416 e. The van der Waals surface area contributed by atoms with Crippen molar-refractivity contribution in [3.63, 3.8) is 0 Å². The molecule has 2 aliphatic rings. The minimum absolute atomic E-state index is 0.104. The fraction of sp³-hybridized carbons (Fsp3) is 0.480. The standard InChI is InChI=1S/C25H28F3N5O3/c1-15-12-29-23-31-21(30-16(2)17-5-4-6-18(11-17)25(26,27)28)19-13-32(14-20(19)33(15)23)22(34)24(35-3)7-9-36-10-8-24/h4-6,11-12,16H,7-10,13-14H2,1-3H3,(H,29,30,31)/t16-/m1/s1. The molecular weight excluding hydrogens is 475 g/mol. The van der Waals surface area contributed by atoms with Crippen LogP contribution in [0.2, 0.25) is 0 Å². The third-order valence-electron chi connectivity index (χ3n) is 7.16. The number of amides is 1. The highest BCUT2D eigenvalue weighted by atomic mass is 19.4. The van der Waals surface area contributed by atoms with Gasteiger partial charge in [0, 0.05) is 50.5 Å². The van der Waals surface area contributed by atoms with Gasteiger partial charge in [0.2, 0.25) is 5.78 Å². The molecule has 3 aromatic rings. The number of benzene rings is 1. The number of carbonyl (C=O) groups is 1. The van der Waals surface area contributed by atoms with Crippen molar-refractivity contribution in [1.29, 1.82) is 0 Å². The second-order valence-corrected chi connectivity index (χ2v) is 9.38. The molecule has 1 fully saturated rings. The Kier molecular flexibility index (Phi) is 6.16. The molecule has 1 aromatic carbocycles. The van der Waals surface area contributed by atoms with Crippen LogP contribution in [-0.2, 0) is 33.5 Å². The van der Waals surface area contributed by atoms with Gasteiger partial charge < -0.3 is 19.7 Å². The van der Waals surface area contributed by atoms with E-state index < -0.39 is 23.4 Å². The fourth-order valence-electron chi connectivity index (χ4n) is 5.07. The molecule has 0 bridgehead atoms. The second kappa shape index (κ2) is 9.04. The van der Waals surface area contributed by atoms with Crippen LogP contribution in [0.3, 0.4) is 0 Å². The van der Waals surface area contributed by atoms with E-state index >= 15 is 0 Å². The molecule has 192 valence electrons. The first kappa shape index (κ1) is 24.5. The Balaban J connectivity index is 1.48. The Labute approximate surface area is 206 Å². The summed E-state index contributed by atoms with van der Waals surface area (Å²) < 4.78 is 52.8. The molecule has 36 heavy (non-hydrogen) atoms. The van der Waals surface area contributed by atoms with Gasteiger partial charge in [0.05, 0.1) is 30.5 Å². The van der Waals surface area contributed by atoms with E-state index in [4.69, 9.17) is 9.47 Å². The number of hydrogen-bond donors (Lipinski definition) is 1. The van der Waals surface area contributed by atoms with Gasteiger partial charge in [0.1, 0.15) is 5.82 Å². The lowest BCUT2D eigenvalue weighted by Gasteiger charge is -2.37. The van der Waals surface area contributed by atoms with Gasteiger partial charge in [-0.25, -0.2) is 4.98 Å². The van der Waals surface area contributed by atoms with Crippen molar-refractivity contribution < 1.29 is 27.4 Å². The first-order valence-corrected chi connectivity index (χ1v) is 11.8. The van der Waals surface area contributed by atoms with Gasteiger partial charge in [-0.3, -0.25) is 9.20 Å². The lowest BCUT2D eigenvalue weighted by Crippen LogP contribution is -2.51. The maximum Gasteiger partial charge on any atom is 0.416 e. The Hall–Kier alpha value is -3.18. The number of anilines is 1. The van der Waals surface area contributed by atoms with Gasteiger partial charge in [-0.2, -0.15) is 18.2 Å². The van der Waals surface area contributed by atoms with Crippen LogP contribution in [0.5, 0.6) is 0 Å².